The quantitative estimate of drug-likeness (QED) is 0.405. The van der Waals surface area contributed by atoms with Gasteiger partial charge in [0.05, 0.1) is 6.10 Å². The van der Waals surface area contributed by atoms with Crippen molar-refractivity contribution in [2.75, 3.05) is 0 Å². The maximum Gasteiger partial charge on any atom is 0.186 e. The van der Waals surface area contributed by atoms with E-state index in [2.05, 4.69) is 0 Å². The SMILES string of the molecule is C[C@@H]1O[C@@H](O)C(C)(O)C1O. The van der Waals surface area contributed by atoms with Crippen molar-refractivity contribution in [3.8, 4) is 0 Å². The fourth-order valence-electron chi connectivity index (χ4n) is 1.04. The molecule has 0 amide bonds. The van der Waals surface area contributed by atoms with E-state index in [0.717, 1.165) is 0 Å². The number of hydrogen-bond acceptors (Lipinski definition) is 4. The summed E-state index contributed by atoms with van der Waals surface area (Å²) in [5, 5.41) is 27.4. The number of ether oxygens (including phenoxy) is 1. The first kappa shape index (κ1) is 7.94. The molecule has 10 heavy (non-hydrogen) atoms. The average Bonchev–Trinajstić information content (AvgIpc) is 1.97. The van der Waals surface area contributed by atoms with Crippen LogP contribution in [0.1, 0.15) is 13.8 Å². The number of rotatable bonds is 0. The van der Waals surface area contributed by atoms with Gasteiger partial charge < -0.3 is 20.1 Å². The third-order valence-electron chi connectivity index (χ3n) is 1.89. The number of aliphatic hydroxyl groups is 3. The highest BCUT2D eigenvalue weighted by atomic mass is 16.6. The van der Waals surface area contributed by atoms with E-state index in [-0.39, 0.29) is 0 Å². The molecule has 1 rings (SSSR count). The Morgan fingerprint density at radius 2 is 1.90 bits per heavy atom. The molecule has 1 aliphatic heterocycles. The van der Waals surface area contributed by atoms with Crippen LogP contribution in [0.2, 0.25) is 0 Å². The van der Waals surface area contributed by atoms with Crippen molar-refractivity contribution < 1.29 is 20.1 Å². The highest BCUT2D eigenvalue weighted by Gasteiger charge is 2.49. The molecule has 2 unspecified atom stereocenters. The van der Waals surface area contributed by atoms with E-state index in [4.69, 9.17) is 14.9 Å². The van der Waals surface area contributed by atoms with E-state index in [9.17, 15) is 5.11 Å². The lowest BCUT2D eigenvalue weighted by atomic mass is 9.99. The van der Waals surface area contributed by atoms with E-state index in [1.54, 1.807) is 6.92 Å². The van der Waals surface area contributed by atoms with Crippen molar-refractivity contribution in [3.63, 3.8) is 0 Å². The molecule has 1 heterocycles. The van der Waals surface area contributed by atoms with Gasteiger partial charge >= 0.3 is 0 Å². The van der Waals surface area contributed by atoms with E-state index < -0.39 is 24.1 Å². The first-order valence-electron chi connectivity index (χ1n) is 3.20. The maximum atomic E-state index is 9.28. The largest absolute Gasteiger partial charge is 0.387 e. The molecule has 4 heteroatoms. The predicted octanol–water partition coefficient (Wildman–Crippen LogP) is -1.16. The first-order valence-corrected chi connectivity index (χ1v) is 3.20. The maximum absolute atomic E-state index is 9.28. The summed E-state index contributed by atoms with van der Waals surface area (Å²) in [4.78, 5) is 0. The molecule has 1 fully saturated rings. The van der Waals surface area contributed by atoms with Gasteiger partial charge in [0.25, 0.3) is 0 Å². The standard InChI is InChI=1S/C6H12O4/c1-3-4(7)6(2,9)5(8)10-3/h3-5,7-9H,1-2H3/t3-,4?,5+,6?/m0/s1. The molecule has 3 N–H and O–H groups in total. The fourth-order valence-corrected chi connectivity index (χ4v) is 1.04. The molecule has 1 saturated heterocycles. The summed E-state index contributed by atoms with van der Waals surface area (Å²) in [7, 11) is 0. The van der Waals surface area contributed by atoms with Crippen LogP contribution in [0.15, 0.2) is 0 Å². The Balaban J connectivity index is 2.75. The van der Waals surface area contributed by atoms with Crippen molar-refractivity contribution in [1.29, 1.82) is 0 Å². The molecular weight excluding hydrogens is 136 g/mol. The normalized spacial score (nSPS) is 55.5. The zero-order valence-electron chi connectivity index (χ0n) is 5.98. The van der Waals surface area contributed by atoms with E-state index in [1.807, 2.05) is 0 Å². The minimum atomic E-state index is -1.53. The van der Waals surface area contributed by atoms with Gasteiger partial charge in [-0.25, -0.2) is 0 Å². The van der Waals surface area contributed by atoms with E-state index >= 15 is 0 Å². The van der Waals surface area contributed by atoms with Gasteiger partial charge in [0.2, 0.25) is 0 Å². The van der Waals surface area contributed by atoms with E-state index in [1.165, 1.54) is 6.92 Å². The third kappa shape index (κ3) is 0.932. The summed E-state index contributed by atoms with van der Waals surface area (Å²) in [6.07, 6.45) is -2.80. The lowest BCUT2D eigenvalue weighted by Gasteiger charge is -2.22. The summed E-state index contributed by atoms with van der Waals surface area (Å²) >= 11 is 0. The minimum absolute atomic E-state index is 0.509. The molecule has 0 radical (unpaired) electrons. The highest BCUT2D eigenvalue weighted by molar-refractivity contribution is 4.94. The second-order valence-corrected chi connectivity index (χ2v) is 2.86. The molecule has 0 aliphatic carbocycles. The van der Waals surface area contributed by atoms with Crippen molar-refractivity contribution in [2.45, 2.75) is 37.9 Å². The molecule has 0 bridgehead atoms. The number of aliphatic hydroxyl groups excluding tert-OH is 2. The lowest BCUT2D eigenvalue weighted by molar-refractivity contribution is -0.166. The zero-order chi connectivity index (χ0) is 7.94. The Kier molecular flexibility index (Phi) is 1.72. The van der Waals surface area contributed by atoms with Crippen molar-refractivity contribution >= 4 is 0 Å². The monoisotopic (exact) mass is 148 g/mol. The molecule has 1 aliphatic rings. The minimum Gasteiger partial charge on any atom is -0.387 e. The van der Waals surface area contributed by atoms with E-state index in [0.29, 0.717) is 0 Å². The van der Waals surface area contributed by atoms with Crippen LogP contribution in [0.25, 0.3) is 0 Å². The van der Waals surface area contributed by atoms with Crippen LogP contribution in [0.5, 0.6) is 0 Å². The Bertz CT molecular complexity index is 134. The molecule has 0 aromatic rings. The second kappa shape index (κ2) is 2.17. The van der Waals surface area contributed by atoms with Gasteiger partial charge in [0.1, 0.15) is 11.7 Å². The third-order valence-corrected chi connectivity index (χ3v) is 1.89. The number of hydrogen-bond donors (Lipinski definition) is 3. The van der Waals surface area contributed by atoms with Gasteiger partial charge in [-0.2, -0.15) is 0 Å². The summed E-state index contributed by atoms with van der Waals surface area (Å²) in [6, 6.07) is 0. The van der Waals surface area contributed by atoms with Gasteiger partial charge in [-0.15, -0.1) is 0 Å². The van der Waals surface area contributed by atoms with Crippen molar-refractivity contribution in [2.24, 2.45) is 0 Å². The summed E-state index contributed by atoms with van der Waals surface area (Å²) in [6.45, 7) is 2.93. The Morgan fingerprint density at radius 1 is 1.40 bits per heavy atom. The van der Waals surface area contributed by atoms with Crippen molar-refractivity contribution in [3.05, 3.63) is 0 Å². The van der Waals surface area contributed by atoms with Crippen LogP contribution in [-0.4, -0.2) is 39.4 Å². The molecular formula is C6H12O4. The van der Waals surface area contributed by atoms with Crippen LogP contribution >= 0.6 is 0 Å². The molecule has 0 spiro atoms. The first-order chi connectivity index (χ1) is 4.46. The summed E-state index contributed by atoms with van der Waals surface area (Å²) < 4.78 is 4.74. The molecule has 60 valence electrons. The van der Waals surface area contributed by atoms with Gasteiger partial charge in [-0.1, -0.05) is 0 Å². The molecule has 0 aromatic carbocycles. The Hall–Kier alpha value is -0.160. The van der Waals surface area contributed by atoms with Crippen LogP contribution in [0.3, 0.4) is 0 Å². The van der Waals surface area contributed by atoms with Gasteiger partial charge in [0, 0.05) is 0 Å². The Labute approximate surface area is 59.1 Å². The lowest BCUT2D eigenvalue weighted by Crippen LogP contribution is -2.44. The van der Waals surface area contributed by atoms with Crippen LogP contribution in [0.4, 0.5) is 0 Å². The van der Waals surface area contributed by atoms with Crippen LogP contribution in [-0.2, 0) is 4.74 Å². The second-order valence-electron chi connectivity index (χ2n) is 2.86. The fraction of sp³-hybridized carbons (Fsp3) is 1.00. The van der Waals surface area contributed by atoms with Gasteiger partial charge in [-0.3, -0.25) is 0 Å². The topological polar surface area (TPSA) is 69.9 Å². The smallest absolute Gasteiger partial charge is 0.186 e. The molecule has 0 saturated carbocycles. The van der Waals surface area contributed by atoms with Gasteiger partial charge in [0.15, 0.2) is 6.29 Å². The zero-order valence-corrected chi connectivity index (χ0v) is 5.98. The summed E-state index contributed by atoms with van der Waals surface area (Å²) in [5.41, 5.74) is -1.53. The molecule has 0 aromatic heterocycles. The van der Waals surface area contributed by atoms with Crippen molar-refractivity contribution in [1.82, 2.24) is 0 Å². The Morgan fingerprint density at radius 3 is 2.00 bits per heavy atom. The average molecular weight is 148 g/mol. The molecule has 4 atom stereocenters. The highest BCUT2D eigenvalue weighted by Crippen LogP contribution is 2.28. The van der Waals surface area contributed by atoms with Crippen LogP contribution < -0.4 is 0 Å². The summed E-state index contributed by atoms with van der Waals surface area (Å²) in [5.74, 6) is 0. The van der Waals surface area contributed by atoms with Gasteiger partial charge in [-0.05, 0) is 13.8 Å². The predicted molar refractivity (Wildman–Crippen MR) is 33.2 cm³/mol. The van der Waals surface area contributed by atoms with Crippen LogP contribution in [0, 0.1) is 0 Å². The molecule has 4 nitrogen and oxygen atoms in total.